The number of nitrogens with zero attached hydrogens (tertiary/aromatic N) is 1. The maximum Gasteiger partial charge on any atom is 0.0622 e. The molecule has 0 aliphatic heterocycles. The Hall–Kier alpha value is -0.690. The molecule has 2 aromatic rings. The average molecular weight is 388 g/mol. The number of hydrogen-bond donors (Lipinski definition) is 2. The zero-order chi connectivity index (χ0) is 13.8. The summed E-state index contributed by atoms with van der Waals surface area (Å²) in [6, 6.07) is 8.19. The van der Waals surface area contributed by atoms with E-state index in [1.165, 1.54) is 14.7 Å². The molecule has 1 heterocycles. The predicted octanol–water partition coefficient (Wildman–Crippen LogP) is 3.40. The summed E-state index contributed by atoms with van der Waals surface area (Å²) >= 11 is 8.50. The number of pyridine rings is 1. The van der Waals surface area contributed by atoms with E-state index in [0.717, 1.165) is 12.0 Å². The second-order valence-corrected chi connectivity index (χ2v) is 5.85. The van der Waals surface area contributed by atoms with Gasteiger partial charge < -0.3 is 0 Å². The number of nitrogens with two attached hydrogens (primary N) is 1. The first kappa shape index (κ1) is 14.7. The number of halogens is 2. The van der Waals surface area contributed by atoms with Gasteiger partial charge in [0.15, 0.2) is 0 Å². The van der Waals surface area contributed by atoms with Gasteiger partial charge in [-0.3, -0.25) is 16.3 Å². The first-order valence-corrected chi connectivity index (χ1v) is 7.38. The molecule has 0 radical (unpaired) electrons. The van der Waals surface area contributed by atoms with Crippen molar-refractivity contribution in [1.29, 1.82) is 0 Å². The third kappa shape index (κ3) is 3.45. The first-order valence-electron chi connectivity index (χ1n) is 5.93. The van der Waals surface area contributed by atoms with Crippen LogP contribution in [0.2, 0.25) is 5.02 Å². The lowest BCUT2D eigenvalue weighted by atomic mass is 9.98. The molecule has 2 rings (SSSR count). The van der Waals surface area contributed by atoms with Gasteiger partial charge in [-0.1, -0.05) is 29.8 Å². The molecular weight excluding hydrogens is 373 g/mol. The van der Waals surface area contributed by atoms with Gasteiger partial charge in [-0.25, -0.2) is 0 Å². The number of aryl methyl sites for hydroxylation is 1. The van der Waals surface area contributed by atoms with Gasteiger partial charge >= 0.3 is 0 Å². The molecule has 0 spiro atoms. The lowest BCUT2D eigenvalue weighted by Gasteiger charge is -2.19. The van der Waals surface area contributed by atoms with Crippen molar-refractivity contribution in [2.75, 3.05) is 0 Å². The van der Waals surface area contributed by atoms with Crippen molar-refractivity contribution in [1.82, 2.24) is 10.4 Å². The molecule has 19 heavy (non-hydrogen) atoms. The van der Waals surface area contributed by atoms with E-state index in [1.54, 1.807) is 12.4 Å². The zero-order valence-corrected chi connectivity index (χ0v) is 13.4. The Labute approximate surface area is 131 Å². The summed E-state index contributed by atoms with van der Waals surface area (Å²) in [6.07, 6.45) is 4.14. The molecule has 1 aromatic heterocycles. The molecule has 0 amide bonds. The van der Waals surface area contributed by atoms with Crippen LogP contribution in [0.1, 0.15) is 22.7 Å². The molecule has 3 N–H and O–H groups in total. The van der Waals surface area contributed by atoms with Crippen LogP contribution in [0, 0.1) is 10.5 Å². The molecule has 1 unspecified atom stereocenters. The minimum Gasteiger partial charge on any atom is -0.271 e. The fourth-order valence-corrected chi connectivity index (χ4v) is 2.92. The van der Waals surface area contributed by atoms with Gasteiger partial charge in [-0.05, 0) is 58.7 Å². The lowest BCUT2D eigenvalue weighted by molar-refractivity contribution is 0.549. The second kappa shape index (κ2) is 6.65. The van der Waals surface area contributed by atoms with Gasteiger partial charge in [0.05, 0.1) is 11.1 Å². The van der Waals surface area contributed by atoms with Gasteiger partial charge in [-0.15, -0.1) is 0 Å². The molecule has 5 heteroatoms. The van der Waals surface area contributed by atoms with Crippen LogP contribution in [-0.2, 0) is 6.42 Å². The number of rotatable bonds is 4. The molecule has 1 aromatic carbocycles. The Kier molecular flexibility index (Phi) is 5.15. The van der Waals surface area contributed by atoms with E-state index in [1.807, 2.05) is 12.1 Å². The van der Waals surface area contributed by atoms with Crippen molar-refractivity contribution < 1.29 is 0 Å². The monoisotopic (exact) mass is 387 g/mol. The standard InChI is InChI=1S/C14H15ClIN3/c1-9-3-2-4-11(14(9)16)13(19-17)7-10-5-6-18-8-12(10)15/h2-6,8,13,19H,7,17H2,1H3. The number of aromatic nitrogens is 1. The van der Waals surface area contributed by atoms with Gasteiger partial charge in [0.25, 0.3) is 0 Å². The fourth-order valence-electron chi connectivity index (χ4n) is 1.99. The van der Waals surface area contributed by atoms with Crippen LogP contribution in [-0.4, -0.2) is 4.98 Å². The van der Waals surface area contributed by atoms with Crippen molar-refractivity contribution in [2.24, 2.45) is 5.84 Å². The topological polar surface area (TPSA) is 50.9 Å². The molecular formula is C14H15ClIN3. The average Bonchev–Trinajstić information content (AvgIpc) is 2.41. The van der Waals surface area contributed by atoms with Gasteiger partial charge in [0.2, 0.25) is 0 Å². The summed E-state index contributed by atoms with van der Waals surface area (Å²) in [4.78, 5) is 4.00. The number of benzene rings is 1. The molecule has 0 aliphatic rings. The Balaban J connectivity index is 2.31. The molecule has 0 fully saturated rings. The molecule has 0 aliphatic carbocycles. The molecule has 0 saturated carbocycles. The molecule has 0 saturated heterocycles. The summed E-state index contributed by atoms with van der Waals surface area (Å²) in [5.74, 6) is 5.71. The van der Waals surface area contributed by atoms with Gasteiger partial charge in [-0.2, -0.15) is 0 Å². The third-order valence-corrected chi connectivity index (χ3v) is 4.89. The van der Waals surface area contributed by atoms with Gasteiger partial charge in [0.1, 0.15) is 0 Å². The minimum absolute atomic E-state index is 0.0340. The molecule has 3 nitrogen and oxygen atoms in total. The third-order valence-electron chi connectivity index (χ3n) is 3.08. The van der Waals surface area contributed by atoms with E-state index in [9.17, 15) is 0 Å². The summed E-state index contributed by atoms with van der Waals surface area (Å²) in [5.41, 5.74) is 6.36. The quantitative estimate of drug-likeness (QED) is 0.480. The van der Waals surface area contributed by atoms with Crippen LogP contribution >= 0.6 is 34.2 Å². The van der Waals surface area contributed by atoms with Gasteiger partial charge in [0, 0.05) is 16.0 Å². The van der Waals surface area contributed by atoms with Crippen LogP contribution in [0.3, 0.4) is 0 Å². The van der Waals surface area contributed by atoms with Crippen LogP contribution < -0.4 is 11.3 Å². The maximum atomic E-state index is 6.15. The Morgan fingerprint density at radius 3 is 2.89 bits per heavy atom. The molecule has 100 valence electrons. The van der Waals surface area contributed by atoms with Crippen molar-refractivity contribution in [3.05, 3.63) is 61.9 Å². The lowest BCUT2D eigenvalue weighted by Crippen LogP contribution is -2.30. The fraction of sp³-hybridized carbons (Fsp3) is 0.214. The van der Waals surface area contributed by atoms with E-state index in [2.05, 4.69) is 52.1 Å². The SMILES string of the molecule is Cc1cccc(C(Cc2ccncc2Cl)NN)c1I. The zero-order valence-electron chi connectivity index (χ0n) is 10.5. The van der Waals surface area contributed by atoms with E-state index in [4.69, 9.17) is 17.4 Å². The highest BCUT2D eigenvalue weighted by molar-refractivity contribution is 14.1. The van der Waals surface area contributed by atoms with E-state index < -0.39 is 0 Å². The van der Waals surface area contributed by atoms with Crippen LogP contribution in [0.5, 0.6) is 0 Å². The van der Waals surface area contributed by atoms with Crippen molar-refractivity contribution in [3.8, 4) is 0 Å². The largest absolute Gasteiger partial charge is 0.271 e. The predicted molar refractivity (Wildman–Crippen MR) is 86.9 cm³/mol. The highest BCUT2D eigenvalue weighted by atomic mass is 127. The summed E-state index contributed by atoms with van der Waals surface area (Å²) < 4.78 is 1.23. The van der Waals surface area contributed by atoms with E-state index >= 15 is 0 Å². The van der Waals surface area contributed by atoms with Crippen molar-refractivity contribution in [3.63, 3.8) is 0 Å². The highest BCUT2D eigenvalue weighted by Crippen LogP contribution is 2.27. The van der Waals surface area contributed by atoms with E-state index in [-0.39, 0.29) is 6.04 Å². The summed E-state index contributed by atoms with van der Waals surface area (Å²) in [6.45, 7) is 2.10. The summed E-state index contributed by atoms with van der Waals surface area (Å²) in [5, 5.41) is 0.672. The number of nitrogens with one attached hydrogen (secondary N) is 1. The van der Waals surface area contributed by atoms with E-state index in [0.29, 0.717) is 5.02 Å². The molecule has 1 atom stereocenters. The minimum atomic E-state index is 0.0340. The second-order valence-electron chi connectivity index (χ2n) is 4.37. The molecule has 0 bridgehead atoms. The number of hydrazine groups is 1. The normalized spacial score (nSPS) is 12.4. The van der Waals surface area contributed by atoms with Crippen LogP contribution in [0.15, 0.2) is 36.7 Å². The van der Waals surface area contributed by atoms with Crippen LogP contribution in [0.4, 0.5) is 0 Å². The highest BCUT2D eigenvalue weighted by Gasteiger charge is 2.16. The first-order chi connectivity index (χ1) is 9.13. The van der Waals surface area contributed by atoms with Crippen molar-refractivity contribution in [2.45, 2.75) is 19.4 Å². The number of hydrogen-bond acceptors (Lipinski definition) is 3. The maximum absolute atomic E-state index is 6.15. The van der Waals surface area contributed by atoms with Crippen LogP contribution in [0.25, 0.3) is 0 Å². The smallest absolute Gasteiger partial charge is 0.0622 e. The Morgan fingerprint density at radius 2 is 2.21 bits per heavy atom. The summed E-state index contributed by atoms with van der Waals surface area (Å²) in [7, 11) is 0. The van der Waals surface area contributed by atoms with Crippen molar-refractivity contribution >= 4 is 34.2 Å². The Morgan fingerprint density at radius 1 is 1.42 bits per heavy atom. The Bertz CT molecular complexity index is 574.